The predicted molar refractivity (Wildman–Crippen MR) is 79.4 cm³/mol. The number of carbonyl (C=O) groups excluding carboxylic acids is 1. The van der Waals surface area contributed by atoms with Crippen molar-refractivity contribution in [1.29, 1.82) is 0 Å². The summed E-state index contributed by atoms with van der Waals surface area (Å²) in [4.78, 5) is 11.9. The second-order valence-corrected chi connectivity index (χ2v) is 6.56. The largest absolute Gasteiger partial charge is 0.444 e. The fraction of sp³-hybridized carbons (Fsp3) is 0.500. The molecular formula is C14H19BrN2O2. The first-order valence-electron chi connectivity index (χ1n) is 6.38. The highest BCUT2D eigenvalue weighted by atomic mass is 79.9. The fourth-order valence-electron chi connectivity index (χ4n) is 2.09. The molecule has 1 aliphatic heterocycles. The van der Waals surface area contributed by atoms with Crippen LogP contribution in [-0.4, -0.2) is 18.2 Å². The van der Waals surface area contributed by atoms with Gasteiger partial charge in [-0.2, -0.15) is 0 Å². The first-order valence-corrected chi connectivity index (χ1v) is 7.17. The smallest absolute Gasteiger partial charge is 0.408 e. The summed E-state index contributed by atoms with van der Waals surface area (Å²) in [6.07, 6.45) is 0.480. The van der Waals surface area contributed by atoms with Crippen LogP contribution in [0.4, 0.5) is 10.5 Å². The number of alkyl carbamates (subject to hydrolysis) is 1. The van der Waals surface area contributed by atoms with Crippen molar-refractivity contribution in [3.8, 4) is 0 Å². The van der Waals surface area contributed by atoms with Crippen molar-refractivity contribution < 1.29 is 9.53 Å². The van der Waals surface area contributed by atoms with Crippen LogP contribution in [-0.2, 0) is 4.74 Å². The lowest BCUT2D eigenvalue weighted by atomic mass is 9.98. The Hall–Kier alpha value is -1.23. The lowest BCUT2D eigenvalue weighted by molar-refractivity contribution is 0.0501. The van der Waals surface area contributed by atoms with Gasteiger partial charge in [-0.05, 0) is 51.0 Å². The number of hydrogen-bond donors (Lipinski definition) is 2. The van der Waals surface area contributed by atoms with Crippen LogP contribution in [0.25, 0.3) is 0 Å². The second-order valence-electron chi connectivity index (χ2n) is 5.65. The quantitative estimate of drug-likeness (QED) is 0.824. The average molecular weight is 327 g/mol. The summed E-state index contributed by atoms with van der Waals surface area (Å²) in [5.74, 6) is 0. The van der Waals surface area contributed by atoms with Crippen molar-refractivity contribution in [2.45, 2.75) is 38.8 Å². The van der Waals surface area contributed by atoms with Crippen molar-refractivity contribution in [3.63, 3.8) is 0 Å². The first kappa shape index (κ1) is 14.2. The molecule has 1 aliphatic rings. The molecule has 5 heteroatoms. The molecule has 0 aromatic heterocycles. The molecule has 1 atom stereocenters. The van der Waals surface area contributed by atoms with Crippen molar-refractivity contribution >= 4 is 27.7 Å². The van der Waals surface area contributed by atoms with Crippen LogP contribution in [0.2, 0.25) is 0 Å². The third-order valence-corrected chi connectivity index (χ3v) is 3.32. The van der Waals surface area contributed by atoms with E-state index in [0.717, 1.165) is 28.7 Å². The third kappa shape index (κ3) is 3.86. The number of fused-ring (bicyclic) bond motifs is 1. The number of benzene rings is 1. The molecule has 1 aromatic carbocycles. The third-order valence-electron chi connectivity index (χ3n) is 2.83. The Morgan fingerprint density at radius 1 is 1.47 bits per heavy atom. The molecule has 0 saturated heterocycles. The Kier molecular flexibility index (Phi) is 4.04. The van der Waals surface area contributed by atoms with Crippen LogP contribution >= 0.6 is 15.9 Å². The fourth-order valence-corrected chi connectivity index (χ4v) is 2.47. The number of amides is 1. The summed E-state index contributed by atoms with van der Waals surface area (Å²) >= 11 is 3.46. The van der Waals surface area contributed by atoms with E-state index in [1.54, 1.807) is 0 Å². The molecule has 1 amide bonds. The molecule has 1 aromatic rings. The minimum atomic E-state index is -0.475. The molecule has 104 valence electrons. The maximum atomic E-state index is 11.9. The second kappa shape index (κ2) is 5.41. The highest BCUT2D eigenvalue weighted by molar-refractivity contribution is 9.10. The van der Waals surface area contributed by atoms with Crippen LogP contribution in [0.15, 0.2) is 22.7 Å². The molecular weight excluding hydrogens is 308 g/mol. The maximum absolute atomic E-state index is 11.9. The van der Waals surface area contributed by atoms with Gasteiger partial charge in [0.1, 0.15) is 5.60 Å². The number of ether oxygens (including phenoxy) is 1. The van der Waals surface area contributed by atoms with Gasteiger partial charge in [-0.15, -0.1) is 0 Å². The van der Waals surface area contributed by atoms with Crippen LogP contribution in [0.5, 0.6) is 0 Å². The minimum absolute atomic E-state index is 0.0106. The molecule has 2 N–H and O–H groups in total. The van der Waals surface area contributed by atoms with Gasteiger partial charge in [-0.3, -0.25) is 0 Å². The van der Waals surface area contributed by atoms with Crippen molar-refractivity contribution in [1.82, 2.24) is 5.32 Å². The van der Waals surface area contributed by atoms with Crippen molar-refractivity contribution in [3.05, 3.63) is 28.2 Å². The highest BCUT2D eigenvalue weighted by Crippen LogP contribution is 2.32. The summed E-state index contributed by atoms with van der Waals surface area (Å²) < 4.78 is 6.31. The molecule has 2 rings (SSSR count). The Labute approximate surface area is 122 Å². The first-order chi connectivity index (χ1) is 8.85. The summed E-state index contributed by atoms with van der Waals surface area (Å²) in [6, 6.07) is 6.02. The highest BCUT2D eigenvalue weighted by Gasteiger charge is 2.24. The number of rotatable bonds is 1. The van der Waals surface area contributed by atoms with E-state index in [0.29, 0.717) is 0 Å². The molecule has 0 aliphatic carbocycles. The normalized spacial score (nSPS) is 18.2. The van der Waals surface area contributed by atoms with E-state index in [2.05, 4.69) is 26.6 Å². The van der Waals surface area contributed by atoms with Crippen LogP contribution in [0, 0.1) is 0 Å². The van der Waals surface area contributed by atoms with Crippen molar-refractivity contribution in [2.24, 2.45) is 0 Å². The van der Waals surface area contributed by atoms with Crippen molar-refractivity contribution in [2.75, 3.05) is 11.9 Å². The van der Waals surface area contributed by atoms with Gasteiger partial charge in [0.05, 0.1) is 6.04 Å². The summed E-state index contributed by atoms with van der Waals surface area (Å²) in [5, 5.41) is 6.27. The van der Waals surface area contributed by atoms with E-state index in [-0.39, 0.29) is 12.1 Å². The molecule has 4 nitrogen and oxygen atoms in total. The Morgan fingerprint density at radius 3 is 2.89 bits per heavy atom. The molecule has 1 heterocycles. The minimum Gasteiger partial charge on any atom is -0.444 e. The summed E-state index contributed by atoms with van der Waals surface area (Å²) in [7, 11) is 0. The molecule has 0 spiro atoms. The number of halogens is 1. The van der Waals surface area contributed by atoms with E-state index in [1.165, 1.54) is 0 Å². The predicted octanol–water partition coefficient (Wildman–Crippen LogP) is 3.83. The standard InChI is InChI=1S/C14H19BrN2O2/c1-14(2,3)19-13(18)17-12-6-7-16-11-5-4-9(15)8-10(11)12/h4-5,8,12,16H,6-7H2,1-3H3,(H,17,18). The lowest BCUT2D eigenvalue weighted by Gasteiger charge is -2.29. The topological polar surface area (TPSA) is 50.4 Å². The van der Waals surface area contributed by atoms with Gasteiger partial charge in [0.15, 0.2) is 0 Å². The van der Waals surface area contributed by atoms with Gasteiger partial charge < -0.3 is 15.4 Å². The Balaban J connectivity index is 2.11. The Morgan fingerprint density at radius 2 is 2.21 bits per heavy atom. The number of hydrogen-bond acceptors (Lipinski definition) is 3. The zero-order chi connectivity index (χ0) is 14.0. The molecule has 0 radical (unpaired) electrons. The molecule has 1 unspecified atom stereocenters. The van der Waals surface area contributed by atoms with Gasteiger partial charge in [-0.1, -0.05) is 15.9 Å². The van der Waals surface area contributed by atoms with E-state index in [9.17, 15) is 4.79 Å². The molecule has 19 heavy (non-hydrogen) atoms. The van der Waals surface area contributed by atoms with E-state index in [1.807, 2.05) is 39.0 Å². The van der Waals surface area contributed by atoms with Gasteiger partial charge in [-0.25, -0.2) is 4.79 Å². The molecule has 0 bridgehead atoms. The van der Waals surface area contributed by atoms with Gasteiger partial charge >= 0.3 is 6.09 Å². The van der Waals surface area contributed by atoms with Crippen LogP contribution in [0.3, 0.4) is 0 Å². The van der Waals surface area contributed by atoms with E-state index < -0.39 is 5.60 Å². The SMILES string of the molecule is CC(C)(C)OC(=O)NC1CCNc2ccc(Br)cc21. The van der Waals surface area contributed by atoms with E-state index >= 15 is 0 Å². The monoisotopic (exact) mass is 326 g/mol. The molecule has 0 saturated carbocycles. The zero-order valence-electron chi connectivity index (χ0n) is 11.4. The van der Waals surface area contributed by atoms with Gasteiger partial charge in [0.25, 0.3) is 0 Å². The summed E-state index contributed by atoms with van der Waals surface area (Å²) in [6.45, 7) is 6.42. The number of anilines is 1. The van der Waals surface area contributed by atoms with Crippen LogP contribution in [0.1, 0.15) is 38.8 Å². The van der Waals surface area contributed by atoms with Crippen LogP contribution < -0.4 is 10.6 Å². The van der Waals surface area contributed by atoms with Gasteiger partial charge in [0, 0.05) is 16.7 Å². The Bertz CT molecular complexity index is 483. The number of carbonyl (C=O) groups is 1. The maximum Gasteiger partial charge on any atom is 0.408 e. The lowest BCUT2D eigenvalue weighted by Crippen LogP contribution is -2.37. The average Bonchev–Trinajstić information content (AvgIpc) is 2.27. The number of nitrogens with one attached hydrogen (secondary N) is 2. The summed E-state index contributed by atoms with van der Waals surface area (Å²) in [5.41, 5.74) is 1.68. The van der Waals surface area contributed by atoms with E-state index in [4.69, 9.17) is 4.74 Å². The van der Waals surface area contributed by atoms with Gasteiger partial charge in [0.2, 0.25) is 0 Å². The molecule has 0 fully saturated rings. The zero-order valence-corrected chi connectivity index (χ0v) is 13.0.